The molecule has 2 aromatic carbocycles. The fraction of sp³-hybridized carbons (Fsp3) is 0.158. The Labute approximate surface area is 145 Å². The third-order valence-electron chi connectivity index (χ3n) is 4.07. The van der Waals surface area contributed by atoms with Crippen molar-refractivity contribution in [2.24, 2.45) is 4.99 Å². The first-order valence-electron chi connectivity index (χ1n) is 7.94. The molecule has 2 heterocycles. The molecule has 1 aliphatic rings. The third-order valence-corrected chi connectivity index (χ3v) is 4.31. The van der Waals surface area contributed by atoms with Crippen molar-refractivity contribution in [2.75, 3.05) is 18.4 Å². The van der Waals surface area contributed by atoms with Gasteiger partial charge in [0.1, 0.15) is 5.82 Å². The number of anilines is 1. The molecule has 120 valence electrons. The van der Waals surface area contributed by atoms with Gasteiger partial charge in [-0.2, -0.15) is 5.10 Å². The lowest BCUT2D eigenvalue weighted by Crippen LogP contribution is -2.09. The molecule has 0 amide bonds. The first-order chi connectivity index (χ1) is 11.7. The number of fused-ring (bicyclic) bond motifs is 1. The van der Waals surface area contributed by atoms with Gasteiger partial charge in [-0.1, -0.05) is 41.9 Å². The summed E-state index contributed by atoms with van der Waals surface area (Å²) in [7, 11) is 0. The summed E-state index contributed by atoms with van der Waals surface area (Å²) in [6.45, 7) is 3.51. The molecule has 0 fully saturated rings. The minimum atomic E-state index is 0.710. The lowest BCUT2D eigenvalue weighted by atomic mass is 10.0. The molecule has 0 radical (unpaired) electrons. The first-order valence-corrected chi connectivity index (χ1v) is 8.31. The summed E-state index contributed by atoms with van der Waals surface area (Å²) in [4.78, 5) is 4.79. The zero-order valence-corrected chi connectivity index (χ0v) is 14.1. The van der Waals surface area contributed by atoms with Crippen LogP contribution >= 0.6 is 11.6 Å². The van der Waals surface area contributed by atoms with Crippen molar-refractivity contribution in [3.05, 3.63) is 76.4 Å². The van der Waals surface area contributed by atoms with Crippen LogP contribution < -0.4 is 5.32 Å². The molecule has 4 rings (SSSR count). The van der Waals surface area contributed by atoms with Gasteiger partial charge in [0.25, 0.3) is 0 Å². The molecule has 24 heavy (non-hydrogen) atoms. The number of hydrogen-bond acceptors (Lipinski definition) is 3. The maximum atomic E-state index is 6.18. The van der Waals surface area contributed by atoms with E-state index in [2.05, 4.69) is 17.4 Å². The predicted octanol–water partition coefficient (Wildman–Crippen LogP) is 4.10. The highest BCUT2D eigenvalue weighted by atomic mass is 35.5. The molecular formula is C19H17ClN4. The molecule has 0 spiro atoms. The Bertz CT molecular complexity index is 912. The zero-order valence-electron chi connectivity index (χ0n) is 13.3. The van der Waals surface area contributed by atoms with Gasteiger partial charge in [0.15, 0.2) is 0 Å². The van der Waals surface area contributed by atoms with Crippen LogP contribution in [0.4, 0.5) is 5.82 Å². The van der Waals surface area contributed by atoms with Gasteiger partial charge in [0.05, 0.1) is 29.2 Å². The molecule has 4 nitrogen and oxygen atoms in total. The lowest BCUT2D eigenvalue weighted by Gasteiger charge is -2.10. The predicted molar refractivity (Wildman–Crippen MR) is 98.7 cm³/mol. The van der Waals surface area contributed by atoms with Crippen LogP contribution in [0.2, 0.25) is 5.02 Å². The number of aryl methyl sites for hydroxylation is 1. The van der Waals surface area contributed by atoms with E-state index in [0.717, 1.165) is 40.6 Å². The molecule has 0 atom stereocenters. The highest BCUT2D eigenvalue weighted by Gasteiger charge is 2.23. The largest absolute Gasteiger partial charge is 0.368 e. The van der Waals surface area contributed by atoms with Gasteiger partial charge in [0, 0.05) is 17.1 Å². The monoisotopic (exact) mass is 336 g/mol. The van der Waals surface area contributed by atoms with Crippen LogP contribution in [0.15, 0.2) is 59.6 Å². The van der Waals surface area contributed by atoms with Crippen LogP contribution in [0.5, 0.6) is 0 Å². The number of aliphatic imine (C=N–C) groups is 1. The van der Waals surface area contributed by atoms with Crippen molar-refractivity contribution in [3.8, 4) is 5.69 Å². The Morgan fingerprint density at radius 1 is 1.08 bits per heavy atom. The second-order valence-corrected chi connectivity index (χ2v) is 6.16. The normalized spacial score (nSPS) is 13.7. The van der Waals surface area contributed by atoms with E-state index in [1.54, 1.807) is 0 Å². The van der Waals surface area contributed by atoms with E-state index in [4.69, 9.17) is 21.7 Å². The van der Waals surface area contributed by atoms with Crippen LogP contribution in [0.25, 0.3) is 5.69 Å². The quantitative estimate of drug-likeness (QED) is 0.765. The van der Waals surface area contributed by atoms with Crippen molar-refractivity contribution >= 4 is 23.1 Å². The summed E-state index contributed by atoms with van der Waals surface area (Å²) >= 11 is 6.18. The van der Waals surface area contributed by atoms with E-state index in [1.165, 1.54) is 0 Å². The average Bonchev–Trinajstić information content (AvgIpc) is 2.79. The van der Waals surface area contributed by atoms with E-state index in [-0.39, 0.29) is 0 Å². The molecule has 0 unspecified atom stereocenters. The van der Waals surface area contributed by atoms with E-state index in [0.29, 0.717) is 11.6 Å². The van der Waals surface area contributed by atoms with Crippen LogP contribution in [0.1, 0.15) is 16.8 Å². The van der Waals surface area contributed by atoms with Crippen molar-refractivity contribution in [2.45, 2.75) is 6.92 Å². The van der Waals surface area contributed by atoms with E-state index >= 15 is 0 Å². The Hall–Kier alpha value is -2.59. The van der Waals surface area contributed by atoms with Gasteiger partial charge in [-0.15, -0.1) is 0 Å². The highest BCUT2D eigenvalue weighted by Crippen LogP contribution is 2.28. The van der Waals surface area contributed by atoms with Crippen molar-refractivity contribution in [3.63, 3.8) is 0 Å². The first kappa shape index (κ1) is 15.0. The van der Waals surface area contributed by atoms with Crippen LogP contribution in [-0.4, -0.2) is 28.6 Å². The van der Waals surface area contributed by atoms with Crippen LogP contribution in [-0.2, 0) is 0 Å². The van der Waals surface area contributed by atoms with Crippen molar-refractivity contribution in [1.82, 2.24) is 9.78 Å². The van der Waals surface area contributed by atoms with Crippen molar-refractivity contribution < 1.29 is 0 Å². The molecule has 0 saturated heterocycles. The zero-order chi connectivity index (χ0) is 16.5. The van der Waals surface area contributed by atoms with Gasteiger partial charge >= 0.3 is 0 Å². The topological polar surface area (TPSA) is 42.2 Å². The third kappa shape index (κ3) is 2.59. The van der Waals surface area contributed by atoms with Gasteiger partial charge < -0.3 is 5.32 Å². The van der Waals surface area contributed by atoms with E-state index in [9.17, 15) is 0 Å². The fourth-order valence-electron chi connectivity index (χ4n) is 3.02. The molecular weight excluding hydrogens is 320 g/mol. The number of para-hydroxylation sites is 1. The summed E-state index contributed by atoms with van der Waals surface area (Å²) in [5.41, 5.74) is 4.97. The maximum Gasteiger partial charge on any atom is 0.139 e. The van der Waals surface area contributed by atoms with E-state index in [1.807, 2.05) is 54.1 Å². The minimum absolute atomic E-state index is 0.710. The second-order valence-electron chi connectivity index (χ2n) is 5.72. The summed E-state index contributed by atoms with van der Waals surface area (Å²) in [5, 5.41) is 8.93. The number of hydrogen-bond donors (Lipinski definition) is 1. The number of benzene rings is 2. The van der Waals surface area contributed by atoms with Crippen LogP contribution in [0.3, 0.4) is 0 Å². The second kappa shape index (κ2) is 6.13. The smallest absolute Gasteiger partial charge is 0.139 e. The van der Waals surface area contributed by atoms with Gasteiger partial charge in [-0.05, 0) is 31.2 Å². The Morgan fingerprint density at radius 3 is 2.71 bits per heavy atom. The Kier molecular flexibility index (Phi) is 3.82. The molecule has 1 aliphatic heterocycles. The average molecular weight is 337 g/mol. The SMILES string of the molecule is Cc1nn(-c2ccccc2)c2c1C(c1cccc(Cl)c1)=NCCN2. The summed E-state index contributed by atoms with van der Waals surface area (Å²) < 4.78 is 1.95. The van der Waals surface area contributed by atoms with Gasteiger partial charge in [0.2, 0.25) is 0 Å². The van der Waals surface area contributed by atoms with Gasteiger partial charge in [-0.3, -0.25) is 4.99 Å². The molecule has 0 aliphatic carbocycles. The van der Waals surface area contributed by atoms with Crippen molar-refractivity contribution in [1.29, 1.82) is 0 Å². The molecule has 0 saturated carbocycles. The van der Waals surface area contributed by atoms with Gasteiger partial charge in [-0.25, -0.2) is 4.68 Å². The molecule has 1 aromatic heterocycles. The number of nitrogens with zero attached hydrogens (tertiary/aromatic N) is 3. The lowest BCUT2D eigenvalue weighted by molar-refractivity contribution is 0.857. The number of aromatic nitrogens is 2. The van der Waals surface area contributed by atoms with E-state index < -0.39 is 0 Å². The Morgan fingerprint density at radius 2 is 1.92 bits per heavy atom. The molecule has 1 N–H and O–H groups in total. The number of halogens is 1. The molecule has 3 aromatic rings. The fourth-order valence-corrected chi connectivity index (χ4v) is 3.21. The Balaban J connectivity index is 1.91. The maximum absolute atomic E-state index is 6.18. The van der Waals surface area contributed by atoms with Crippen LogP contribution in [0, 0.1) is 6.92 Å². The number of rotatable bonds is 2. The molecule has 5 heteroatoms. The molecule has 0 bridgehead atoms. The highest BCUT2D eigenvalue weighted by molar-refractivity contribution is 6.31. The minimum Gasteiger partial charge on any atom is -0.368 e. The number of nitrogens with one attached hydrogen (secondary N) is 1. The standard InChI is InChI=1S/C19H17ClN4/c1-13-17-18(14-6-5-7-15(20)12-14)21-10-11-22-19(17)24(23-13)16-8-3-2-4-9-16/h2-9,12,22H,10-11H2,1H3. The summed E-state index contributed by atoms with van der Waals surface area (Å²) in [5.74, 6) is 0.981. The summed E-state index contributed by atoms with van der Waals surface area (Å²) in [6, 6.07) is 18.0. The summed E-state index contributed by atoms with van der Waals surface area (Å²) in [6.07, 6.45) is 0.